The average Bonchev–Trinajstić information content (AvgIpc) is 2.06. The van der Waals surface area contributed by atoms with Crippen LogP contribution in [-0.2, 0) is 11.3 Å². The molecule has 0 unspecified atom stereocenters. The number of anilines is 1. The van der Waals surface area contributed by atoms with Gasteiger partial charge in [-0.2, -0.15) is 0 Å². The maximum absolute atomic E-state index is 5.88. The van der Waals surface area contributed by atoms with Gasteiger partial charge in [0.15, 0.2) is 0 Å². The van der Waals surface area contributed by atoms with E-state index in [1.54, 1.807) is 12.1 Å². The summed E-state index contributed by atoms with van der Waals surface area (Å²) in [5.74, 6) is 0.465. The minimum absolute atomic E-state index is 0.166. The number of nitrogen functional groups attached to an aromatic ring is 1. The van der Waals surface area contributed by atoms with Crippen molar-refractivity contribution in [3.8, 4) is 0 Å². The van der Waals surface area contributed by atoms with E-state index in [9.17, 15) is 0 Å². The molecule has 0 radical (unpaired) electrons. The van der Waals surface area contributed by atoms with Gasteiger partial charge in [-0.15, -0.1) is 0 Å². The second-order valence-corrected chi connectivity index (χ2v) is 3.43. The van der Waals surface area contributed by atoms with Crippen LogP contribution in [0.2, 0.25) is 5.02 Å². The first kappa shape index (κ1) is 10.3. The number of aromatic nitrogens is 1. The minimum atomic E-state index is 0.166. The Morgan fingerprint density at radius 1 is 1.54 bits per heavy atom. The molecule has 1 rings (SSSR count). The van der Waals surface area contributed by atoms with Crippen LogP contribution in [-0.4, -0.2) is 11.1 Å². The standard InChI is InChI=1S/C9H13ClN2O/c1-6(2)13-5-8-7(10)3-4-9(11)12-8/h3-4,6H,5H2,1-2H3,(H2,11,12). The maximum Gasteiger partial charge on any atom is 0.123 e. The van der Waals surface area contributed by atoms with E-state index in [-0.39, 0.29) is 6.10 Å². The van der Waals surface area contributed by atoms with Crippen LogP contribution in [0.4, 0.5) is 5.82 Å². The lowest BCUT2D eigenvalue weighted by Crippen LogP contribution is -2.05. The molecule has 2 N–H and O–H groups in total. The molecule has 0 amide bonds. The van der Waals surface area contributed by atoms with Crippen LogP contribution in [0.15, 0.2) is 12.1 Å². The molecule has 0 bridgehead atoms. The fourth-order valence-corrected chi connectivity index (χ4v) is 1.01. The van der Waals surface area contributed by atoms with Crippen LogP contribution in [0, 0.1) is 0 Å². The molecule has 0 aliphatic rings. The van der Waals surface area contributed by atoms with E-state index in [1.165, 1.54) is 0 Å². The Morgan fingerprint density at radius 2 is 2.23 bits per heavy atom. The Kier molecular flexibility index (Phi) is 3.51. The first-order valence-corrected chi connectivity index (χ1v) is 4.50. The maximum atomic E-state index is 5.88. The highest BCUT2D eigenvalue weighted by Crippen LogP contribution is 2.16. The highest BCUT2D eigenvalue weighted by molar-refractivity contribution is 6.31. The van der Waals surface area contributed by atoms with Gasteiger partial charge in [0.1, 0.15) is 5.82 Å². The quantitative estimate of drug-likeness (QED) is 0.814. The number of hydrogen-bond acceptors (Lipinski definition) is 3. The Bertz CT molecular complexity index is 289. The van der Waals surface area contributed by atoms with Gasteiger partial charge in [0, 0.05) is 0 Å². The molecule has 1 heterocycles. The van der Waals surface area contributed by atoms with Crippen molar-refractivity contribution < 1.29 is 4.74 Å². The van der Waals surface area contributed by atoms with E-state index in [4.69, 9.17) is 22.1 Å². The lowest BCUT2D eigenvalue weighted by Gasteiger charge is -2.08. The molecular weight excluding hydrogens is 188 g/mol. The van der Waals surface area contributed by atoms with Crippen molar-refractivity contribution in [2.45, 2.75) is 26.6 Å². The number of halogens is 1. The molecule has 1 aromatic heterocycles. The van der Waals surface area contributed by atoms with Gasteiger partial charge < -0.3 is 10.5 Å². The summed E-state index contributed by atoms with van der Waals surface area (Å²) in [6, 6.07) is 3.39. The van der Waals surface area contributed by atoms with Gasteiger partial charge in [0.2, 0.25) is 0 Å². The van der Waals surface area contributed by atoms with Gasteiger partial charge in [0.05, 0.1) is 23.4 Å². The summed E-state index contributed by atoms with van der Waals surface area (Å²) in [6.07, 6.45) is 0.166. The zero-order chi connectivity index (χ0) is 9.84. The molecule has 0 aromatic carbocycles. The van der Waals surface area contributed by atoms with E-state index in [1.807, 2.05) is 13.8 Å². The third-order valence-corrected chi connectivity index (χ3v) is 1.84. The summed E-state index contributed by atoms with van der Waals surface area (Å²) in [4.78, 5) is 4.07. The predicted octanol–water partition coefficient (Wildman–Crippen LogP) is 2.24. The van der Waals surface area contributed by atoms with E-state index >= 15 is 0 Å². The molecule has 0 spiro atoms. The van der Waals surface area contributed by atoms with Crippen molar-refractivity contribution >= 4 is 17.4 Å². The number of nitrogens with two attached hydrogens (primary N) is 1. The summed E-state index contributed by atoms with van der Waals surface area (Å²) in [5.41, 5.74) is 6.20. The molecule has 0 atom stereocenters. The lowest BCUT2D eigenvalue weighted by molar-refractivity contribution is 0.0637. The van der Waals surface area contributed by atoms with Crippen LogP contribution in [0.3, 0.4) is 0 Å². The van der Waals surface area contributed by atoms with Gasteiger partial charge >= 0.3 is 0 Å². The Balaban J connectivity index is 2.70. The molecule has 0 saturated carbocycles. The van der Waals surface area contributed by atoms with Crippen LogP contribution in [0.5, 0.6) is 0 Å². The monoisotopic (exact) mass is 200 g/mol. The summed E-state index contributed by atoms with van der Waals surface area (Å²) in [5, 5.41) is 0.592. The van der Waals surface area contributed by atoms with Gasteiger partial charge in [-0.25, -0.2) is 4.98 Å². The smallest absolute Gasteiger partial charge is 0.123 e. The number of ether oxygens (including phenoxy) is 1. The van der Waals surface area contributed by atoms with E-state index in [0.717, 1.165) is 0 Å². The third kappa shape index (κ3) is 3.20. The number of pyridine rings is 1. The summed E-state index contributed by atoms with van der Waals surface area (Å²) in [6.45, 7) is 4.32. The molecule has 4 heteroatoms. The SMILES string of the molecule is CC(C)OCc1nc(N)ccc1Cl. The summed E-state index contributed by atoms with van der Waals surface area (Å²) >= 11 is 5.88. The second-order valence-electron chi connectivity index (χ2n) is 3.02. The van der Waals surface area contributed by atoms with E-state index in [2.05, 4.69) is 4.98 Å². The fraction of sp³-hybridized carbons (Fsp3) is 0.444. The fourth-order valence-electron chi connectivity index (χ4n) is 0.848. The first-order valence-electron chi connectivity index (χ1n) is 4.12. The molecule has 0 saturated heterocycles. The number of hydrogen-bond donors (Lipinski definition) is 1. The van der Waals surface area contributed by atoms with Gasteiger partial charge in [-0.1, -0.05) is 11.6 Å². The van der Waals surface area contributed by atoms with Crippen molar-refractivity contribution in [2.24, 2.45) is 0 Å². The molecule has 13 heavy (non-hydrogen) atoms. The zero-order valence-corrected chi connectivity index (χ0v) is 8.51. The van der Waals surface area contributed by atoms with Crippen molar-refractivity contribution in [3.63, 3.8) is 0 Å². The Morgan fingerprint density at radius 3 is 2.85 bits per heavy atom. The van der Waals surface area contributed by atoms with Crippen molar-refractivity contribution in [3.05, 3.63) is 22.8 Å². The minimum Gasteiger partial charge on any atom is -0.384 e. The highest BCUT2D eigenvalue weighted by atomic mass is 35.5. The van der Waals surface area contributed by atoms with Gasteiger partial charge in [-0.3, -0.25) is 0 Å². The molecule has 0 aliphatic carbocycles. The third-order valence-electron chi connectivity index (χ3n) is 1.49. The molecular formula is C9H13ClN2O. The normalized spacial score (nSPS) is 10.8. The summed E-state index contributed by atoms with van der Waals surface area (Å²) in [7, 11) is 0. The van der Waals surface area contributed by atoms with Gasteiger partial charge in [-0.05, 0) is 26.0 Å². The first-order chi connectivity index (χ1) is 6.09. The van der Waals surface area contributed by atoms with E-state index in [0.29, 0.717) is 23.1 Å². The lowest BCUT2D eigenvalue weighted by atomic mass is 10.3. The van der Waals surface area contributed by atoms with E-state index < -0.39 is 0 Å². The second kappa shape index (κ2) is 4.44. The number of rotatable bonds is 3. The molecule has 3 nitrogen and oxygen atoms in total. The number of nitrogens with zero attached hydrogens (tertiary/aromatic N) is 1. The van der Waals surface area contributed by atoms with Crippen LogP contribution in [0.1, 0.15) is 19.5 Å². The summed E-state index contributed by atoms with van der Waals surface area (Å²) < 4.78 is 5.36. The Hall–Kier alpha value is -0.800. The van der Waals surface area contributed by atoms with Crippen molar-refractivity contribution in [1.82, 2.24) is 4.98 Å². The molecule has 72 valence electrons. The molecule has 1 aromatic rings. The van der Waals surface area contributed by atoms with Crippen LogP contribution in [0.25, 0.3) is 0 Å². The van der Waals surface area contributed by atoms with Crippen molar-refractivity contribution in [2.75, 3.05) is 5.73 Å². The highest BCUT2D eigenvalue weighted by Gasteiger charge is 2.03. The zero-order valence-electron chi connectivity index (χ0n) is 7.75. The largest absolute Gasteiger partial charge is 0.384 e. The molecule has 0 fully saturated rings. The topological polar surface area (TPSA) is 48.1 Å². The van der Waals surface area contributed by atoms with Crippen LogP contribution < -0.4 is 5.73 Å². The van der Waals surface area contributed by atoms with Crippen molar-refractivity contribution in [1.29, 1.82) is 0 Å². The predicted molar refractivity (Wildman–Crippen MR) is 53.6 cm³/mol. The average molecular weight is 201 g/mol. The Labute approximate surface area is 82.9 Å². The molecule has 0 aliphatic heterocycles. The van der Waals surface area contributed by atoms with Gasteiger partial charge in [0.25, 0.3) is 0 Å². The van der Waals surface area contributed by atoms with Crippen LogP contribution >= 0.6 is 11.6 Å².